The predicted octanol–water partition coefficient (Wildman–Crippen LogP) is 11.1. The van der Waals surface area contributed by atoms with Crippen molar-refractivity contribution in [2.75, 3.05) is 10.6 Å². The number of carbonyl (C=O) groups excluding carboxylic acids is 2. The number of hydrogen-bond acceptors (Lipinski definition) is 8. The minimum Gasteiger partial charge on any atom is -0.360 e. The molecule has 348 valence electrons. The minimum absolute atomic E-state index is 0.0432. The number of nitrogens with zero attached hydrogens (tertiary/aromatic N) is 4. The molecule has 4 aliphatic carbocycles. The number of rotatable bonds is 10. The molecule has 6 aromatic rings. The van der Waals surface area contributed by atoms with Crippen molar-refractivity contribution in [3.63, 3.8) is 0 Å². The number of amides is 2. The Hall–Kier alpha value is -5.48. The highest BCUT2D eigenvalue weighted by Crippen LogP contribution is 2.41. The molecule has 18 heteroatoms. The van der Waals surface area contributed by atoms with E-state index < -0.39 is 23.7 Å². The fourth-order valence-electron chi connectivity index (χ4n) is 10.0. The van der Waals surface area contributed by atoms with Gasteiger partial charge in [0.05, 0.1) is 33.8 Å². The van der Waals surface area contributed by atoms with Crippen LogP contribution in [0, 0.1) is 11.8 Å². The summed E-state index contributed by atoms with van der Waals surface area (Å²) in [6, 6.07) is 16.0. The van der Waals surface area contributed by atoms with Crippen molar-refractivity contribution in [2.24, 2.45) is 11.8 Å². The van der Waals surface area contributed by atoms with Gasteiger partial charge < -0.3 is 31.2 Å². The van der Waals surface area contributed by atoms with E-state index in [0.29, 0.717) is 46.2 Å². The number of hydrogen-bond donors (Lipinski definition) is 6. The van der Waals surface area contributed by atoms with Gasteiger partial charge in [0.15, 0.2) is 0 Å². The van der Waals surface area contributed by atoms with Crippen molar-refractivity contribution in [2.45, 2.75) is 126 Å². The number of aromatic nitrogens is 6. The van der Waals surface area contributed by atoms with Gasteiger partial charge in [-0.15, -0.1) is 0 Å². The number of benzene rings is 2. The topological polar surface area (TPSA) is 165 Å². The monoisotopic (exact) mass is 946 g/mol. The molecule has 0 radical (unpaired) electrons. The first-order valence-corrected chi connectivity index (χ1v) is 23.6. The van der Waals surface area contributed by atoms with Crippen LogP contribution in [0.25, 0.3) is 44.3 Å². The summed E-state index contributed by atoms with van der Waals surface area (Å²) in [7, 11) is 0. The van der Waals surface area contributed by atoms with E-state index in [1.54, 1.807) is 12.4 Å². The SMILES string of the molecule is O=C(N[C@H]1CCC[C@@H](Nc2ncc(Cl)c(-c3c[nH]c4ccccc34)n2)C1)[C@@H]1CCC(F)(F)C1.O=C(N[C@H]1CCC[C@@H](Nc2ncc(Cl)c(-c3c[nH]c4ccccc34)n2)C1)[C@H]1CCC(F)(F)C1. The normalized spacial score (nSPS) is 24.6. The highest BCUT2D eigenvalue weighted by molar-refractivity contribution is 6.33. The third-order valence-corrected chi connectivity index (χ3v) is 14.0. The summed E-state index contributed by atoms with van der Waals surface area (Å²) >= 11 is 12.9. The van der Waals surface area contributed by atoms with Crippen LogP contribution >= 0.6 is 23.2 Å². The molecule has 6 N–H and O–H groups in total. The van der Waals surface area contributed by atoms with Gasteiger partial charge in [-0.25, -0.2) is 37.5 Å². The van der Waals surface area contributed by atoms with E-state index in [9.17, 15) is 27.2 Å². The second-order valence-corrected chi connectivity index (χ2v) is 19.1. The Labute approximate surface area is 389 Å². The van der Waals surface area contributed by atoms with Crippen molar-refractivity contribution in [3.8, 4) is 22.5 Å². The van der Waals surface area contributed by atoms with Crippen LogP contribution in [-0.4, -0.2) is 77.7 Å². The van der Waals surface area contributed by atoms with Crippen molar-refractivity contribution >= 4 is 68.7 Å². The zero-order valence-electron chi connectivity index (χ0n) is 36.2. The van der Waals surface area contributed by atoms with Gasteiger partial charge >= 0.3 is 0 Å². The molecule has 2 aromatic carbocycles. The molecule has 4 fully saturated rings. The molecule has 66 heavy (non-hydrogen) atoms. The Morgan fingerprint density at radius 1 is 0.591 bits per heavy atom. The summed E-state index contributed by atoms with van der Waals surface area (Å²) in [5.41, 5.74) is 5.11. The Balaban J connectivity index is 0.000000166. The van der Waals surface area contributed by atoms with Gasteiger partial charge in [0, 0.05) is 107 Å². The summed E-state index contributed by atoms with van der Waals surface area (Å²) in [6.07, 6.45) is 13.1. The van der Waals surface area contributed by atoms with Crippen molar-refractivity contribution in [1.82, 2.24) is 40.5 Å². The van der Waals surface area contributed by atoms with Crippen LogP contribution < -0.4 is 21.3 Å². The van der Waals surface area contributed by atoms with Crippen LogP contribution in [0.15, 0.2) is 73.3 Å². The quantitative estimate of drug-likeness (QED) is 0.0739. The molecule has 0 saturated heterocycles. The van der Waals surface area contributed by atoms with Crippen LogP contribution in [0.2, 0.25) is 10.0 Å². The van der Waals surface area contributed by atoms with E-state index in [0.717, 1.165) is 71.5 Å². The molecule has 4 aliphatic rings. The predicted molar refractivity (Wildman–Crippen MR) is 249 cm³/mol. The lowest BCUT2D eigenvalue weighted by Crippen LogP contribution is -2.44. The number of aromatic amines is 2. The largest absolute Gasteiger partial charge is 0.360 e. The van der Waals surface area contributed by atoms with E-state index in [4.69, 9.17) is 23.2 Å². The van der Waals surface area contributed by atoms with Crippen LogP contribution in [0.3, 0.4) is 0 Å². The minimum atomic E-state index is -2.72. The zero-order chi connectivity index (χ0) is 46.0. The first kappa shape index (κ1) is 45.7. The number of H-pyrrole nitrogens is 2. The second-order valence-electron chi connectivity index (χ2n) is 18.3. The van der Waals surface area contributed by atoms with Crippen LogP contribution in [0.4, 0.5) is 29.5 Å². The smallest absolute Gasteiger partial charge is 0.248 e. The molecule has 4 aromatic heterocycles. The lowest BCUT2D eigenvalue weighted by molar-refractivity contribution is -0.127. The van der Waals surface area contributed by atoms with Gasteiger partial charge in [-0.05, 0) is 76.3 Å². The maximum atomic E-state index is 13.5. The molecular formula is C48H52Cl2F4N10O2. The Bertz CT molecular complexity index is 2510. The lowest BCUT2D eigenvalue weighted by atomic mass is 9.90. The van der Waals surface area contributed by atoms with Gasteiger partial charge in [0.2, 0.25) is 35.6 Å². The molecule has 12 nitrogen and oxygen atoms in total. The number of fused-ring (bicyclic) bond motifs is 2. The van der Waals surface area contributed by atoms with Gasteiger partial charge in [-0.3, -0.25) is 9.59 Å². The summed E-state index contributed by atoms with van der Waals surface area (Å²) in [5, 5.41) is 15.8. The summed E-state index contributed by atoms with van der Waals surface area (Å²) in [5.74, 6) is -6.15. The summed E-state index contributed by atoms with van der Waals surface area (Å²) < 4.78 is 53.9. The third kappa shape index (κ3) is 10.7. The number of alkyl halides is 4. The molecule has 10 rings (SSSR count). The number of anilines is 2. The fourth-order valence-corrected chi connectivity index (χ4v) is 10.4. The van der Waals surface area contributed by atoms with Crippen LogP contribution in [0.1, 0.15) is 89.9 Å². The van der Waals surface area contributed by atoms with E-state index in [2.05, 4.69) is 51.2 Å². The van der Waals surface area contributed by atoms with Crippen LogP contribution in [0.5, 0.6) is 0 Å². The van der Waals surface area contributed by atoms with Crippen molar-refractivity contribution in [1.29, 1.82) is 0 Å². The molecule has 4 heterocycles. The number of nitrogens with one attached hydrogen (secondary N) is 6. The summed E-state index contributed by atoms with van der Waals surface area (Å²) in [4.78, 5) is 49.5. The van der Waals surface area contributed by atoms with E-state index in [1.165, 1.54) is 0 Å². The number of halogens is 6. The first-order chi connectivity index (χ1) is 31.8. The van der Waals surface area contributed by atoms with E-state index in [1.807, 2.05) is 60.9 Å². The van der Waals surface area contributed by atoms with E-state index in [-0.39, 0.29) is 74.5 Å². The maximum Gasteiger partial charge on any atom is 0.248 e. The zero-order valence-corrected chi connectivity index (χ0v) is 37.7. The van der Waals surface area contributed by atoms with E-state index >= 15 is 0 Å². The van der Waals surface area contributed by atoms with Gasteiger partial charge in [0.1, 0.15) is 0 Å². The molecule has 0 spiro atoms. The molecule has 0 aliphatic heterocycles. The molecule has 2 amide bonds. The highest BCUT2D eigenvalue weighted by Gasteiger charge is 2.44. The standard InChI is InChI=1S/2C24H26ClF2N5O/c2*25-19-13-29-23(32-21(19)18-12-28-20-7-2-1-6-17(18)20)31-16-5-3-4-15(10-16)30-22(33)14-8-9-24(26,27)11-14/h2*1-2,6-7,12-16,28H,3-5,8-11H2,(H,30,33)(H,29,31,32)/t14-,15+,16-;14-,15-,16+/m10/s1. The van der Waals surface area contributed by atoms with Gasteiger partial charge in [0.25, 0.3) is 0 Å². The van der Waals surface area contributed by atoms with Crippen molar-refractivity contribution in [3.05, 3.63) is 83.4 Å². The maximum absolute atomic E-state index is 13.5. The molecule has 4 saturated carbocycles. The Kier molecular flexibility index (Phi) is 13.4. The molecule has 0 unspecified atom stereocenters. The summed E-state index contributed by atoms with van der Waals surface area (Å²) in [6.45, 7) is 0. The average molecular weight is 948 g/mol. The Morgan fingerprint density at radius 2 is 1.00 bits per heavy atom. The molecule has 0 bridgehead atoms. The van der Waals surface area contributed by atoms with Gasteiger partial charge in [-0.2, -0.15) is 0 Å². The second kappa shape index (κ2) is 19.4. The lowest BCUT2D eigenvalue weighted by Gasteiger charge is -2.31. The number of carbonyl (C=O) groups is 2. The molecule has 6 atom stereocenters. The number of para-hydroxylation sites is 2. The average Bonchev–Trinajstić information content (AvgIpc) is 4.10. The van der Waals surface area contributed by atoms with Crippen LogP contribution in [-0.2, 0) is 9.59 Å². The molecular weight excluding hydrogens is 895 g/mol. The Morgan fingerprint density at radius 3 is 1.41 bits per heavy atom. The fraction of sp³-hybridized carbons (Fsp3) is 0.458. The first-order valence-electron chi connectivity index (χ1n) is 22.8. The van der Waals surface area contributed by atoms with Crippen molar-refractivity contribution < 1.29 is 27.2 Å². The van der Waals surface area contributed by atoms with Gasteiger partial charge in [-0.1, -0.05) is 59.6 Å². The third-order valence-electron chi connectivity index (χ3n) is 13.4. The highest BCUT2D eigenvalue weighted by atomic mass is 35.5.